The first kappa shape index (κ1) is 26.6. The Bertz CT molecular complexity index is 1150. The summed E-state index contributed by atoms with van der Waals surface area (Å²) in [6, 6.07) is 0. The Labute approximate surface area is 179 Å². The van der Waals surface area contributed by atoms with Crippen molar-refractivity contribution in [1.29, 1.82) is 0 Å². The van der Waals surface area contributed by atoms with E-state index in [2.05, 4.69) is 30.4 Å². The van der Waals surface area contributed by atoms with Gasteiger partial charge in [-0.1, -0.05) is 12.3 Å². The van der Waals surface area contributed by atoms with Crippen LogP contribution >= 0.6 is 23.5 Å². The minimum atomic E-state index is -5.68. The molecule has 0 aromatic carbocycles. The normalized spacial score (nSPS) is 24.8. The predicted octanol–water partition coefficient (Wildman–Crippen LogP) is 0.160. The van der Waals surface area contributed by atoms with E-state index in [9.17, 15) is 33.1 Å². The number of ether oxygens (including phenoxy) is 2. The fourth-order valence-electron chi connectivity index (χ4n) is 2.57. The van der Waals surface area contributed by atoms with E-state index in [1.54, 1.807) is 0 Å². The maximum absolute atomic E-state index is 12.1. The lowest BCUT2D eigenvalue weighted by molar-refractivity contribution is -0.0471. The van der Waals surface area contributed by atoms with Crippen LogP contribution < -0.4 is 11.2 Å². The van der Waals surface area contributed by atoms with Crippen molar-refractivity contribution in [1.82, 2.24) is 9.55 Å². The highest BCUT2D eigenvalue weighted by molar-refractivity contribution is 7.66. The van der Waals surface area contributed by atoms with Crippen molar-refractivity contribution in [3.8, 4) is 0 Å². The predicted molar refractivity (Wildman–Crippen MR) is 103 cm³/mol. The van der Waals surface area contributed by atoms with Gasteiger partial charge in [-0.05, 0) is 6.92 Å². The molecule has 1 aliphatic heterocycles. The van der Waals surface area contributed by atoms with Crippen LogP contribution in [0.25, 0.3) is 0 Å². The highest BCUT2D eigenvalue weighted by atomic mass is 31.3. The first-order valence-corrected chi connectivity index (χ1v) is 12.9. The van der Waals surface area contributed by atoms with Gasteiger partial charge in [0.15, 0.2) is 0 Å². The van der Waals surface area contributed by atoms with Crippen LogP contribution in [0.2, 0.25) is 0 Å². The van der Waals surface area contributed by atoms with E-state index in [1.165, 1.54) is 13.1 Å². The van der Waals surface area contributed by atoms with Crippen molar-refractivity contribution in [2.24, 2.45) is 0 Å². The van der Waals surface area contributed by atoms with Crippen molar-refractivity contribution in [2.45, 2.75) is 31.8 Å². The summed E-state index contributed by atoms with van der Waals surface area (Å²) in [7, 11) is -16.6. The molecule has 0 bridgehead atoms. The van der Waals surface area contributed by atoms with Gasteiger partial charge < -0.3 is 29.0 Å². The third-order valence-electron chi connectivity index (χ3n) is 3.78. The SMILES string of the molecule is C=C=CO[C@H]1C[C@H](n2cc(C)c(=O)[nH]c2=O)O[C@@H]1COP(=O)(O)OP(=O)(O)OP(=O)(O)O. The van der Waals surface area contributed by atoms with E-state index in [1.807, 2.05) is 0 Å². The van der Waals surface area contributed by atoms with Crippen LogP contribution in [-0.2, 0) is 36.3 Å². The van der Waals surface area contributed by atoms with Crippen LogP contribution in [-0.4, -0.2) is 47.9 Å². The Morgan fingerprint density at radius 1 is 1.25 bits per heavy atom. The standard InChI is InChI=1S/C13H19N2O14P3/c1-3-4-25-9-5-11(15-6-8(2)12(16)14-13(15)17)27-10(9)7-26-31(21,22)29-32(23,24)28-30(18,19)20/h4,6,9-11H,1,5,7H2,2H3,(H,21,22)(H,23,24)(H,14,16,17)(H2,18,19,20)/t9-,10+,11+/m0/s1. The summed E-state index contributed by atoms with van der Waals surface area (Å²) < 4.78 is 57.7. The number of nitrogens with zero attached hydrogens (tertiary/aromatic N) is 1. The molecule has 19 heteroatoms. The van der Waals surface area contributed by atoms with Crippen LogP contribution in [0.5, 0.6) is 0 Å². The van der Waals surface area contributed by atoms with Gasteiger partial charge >= 0.3 is 29.2 Å². The summed E-state index contributed by atoms with van der Waals surface area (Å²) in [4.78, 5) is 61.5. The molecule has 16 nitrogen and oxygen atoms in total. The summed E-state index contributed by atoms with van der Waals surface area (Å²) in [6.07, 6.45) is -0.787. The Kier molecular flexibility index (Phi) is 8.41. The van der Waals surface area contributed by atoms with Crippen LogP contribution in [0.4, 0.5) is 0 Å². The van der Waals surface area contributed by atoms with Crippen LogP contribution in [0.1, 0.15) is 18.2 Å². The van der Waals surface area contributed by atoms with Gasteiger partial charge in [0.25, 0.3) is 5.56 Å². The van der Waals surface area contributed by atoms with Crippen LogP contribution in [0.15, 0.2) is 34.4 Å². The molecule has 0 radical (unpaired) electrons. The van der Waals surface area contributed by atoms with Gasteiger partial charge in [0, 0.05) is 18.2 Å². The van der Waals surface area contributed by atoms with Gasteiger partial charge in [0.05, 0.1) is 6.61 Å². The van der Waals surface area contributed by atoms with Gasteiger partial charge in [-0.3, -0.25) is 18.9 Å². The molecule has 1 aromatic heterocycles. The van der Waals surface area contributed by atoms with E-state index in [0.717, 1.165) is 10.8 Å². The van der Waals surface area contributed by atoms with Crippen molar-refractivity contribution in [3.05, 3.63) is 51.2 Å². The highest BCUT2D eigenvalue weighted by Crippen LogP contribution is 2.66. The zero-order valence-electron chi connectivity index (χ0n) is 16.2. The molecule has 2 heterocycles. The van der Waals surface area contributed by atoms with Crippen molar-refractivity contribution >= 4 is 23.5 Å². The lowest BCUT2D eigenvalue weighted by atomic mass is 10.2. The van der Waals surface area contributed by atoms with Gasteiger partial charge in [-0.2, -0.15) is 8.62 Å². The fraction of sp³-hybridized carbons (Fsp3) is 0.462. The molecule has 1 aromatic rings. The minimum absolute atomic E-state index is 0.00596. The molecular weight excluding hydrogens is 501 g/mol. The van der Waals surface area contributed by atoms with Crippen molar-refractivity contribution < 1.29 is 55.9 Å². The molecule has 0 saturated carbocycles. The van der Waals surface area contributed by atoms with E-state index in [-0.39, 0.29) is 12.0 Å². The zero-order chi connectivity index (χ0) is 24.3. The maximum atomic E-state index is 12.1. The molecule has 5 atom stereocenters. The number of nitrogens with one attached hydrogen (secondary N) is 1. The number of H-pyrrole nitrogens is 1. The smallest absolute Gasteiger partial charge is 0.487 e. The number of hydrogen-bond donors (Lipinski definition) is 5. The largest absolute Gasteiger partial charge is 0.490 e. The van der Waals surface area contributed by atoms with E-state index in [0.29, 0.717) is 0 Å². The topological polar surface area (TPSA) is 233 Å². The van der Waals surface area contributed by atoms with E-state index >= 15 is 0 Å². The second-order valence-corrected chi connectivity index (χ2v) is 10.6. The molecule has 180 valence electrons. The lowest BCUT2D eigenvalue weighted by Gasteiger charge is -2.20. The van der Waals surface area contributed by atoms with Crippen molar-refractivity contribution in [3.63, 3.8) is 0 Å². The zero-order valence-corrected chi connectivity index (χ0v) is 18.9. The fourth-order valence-corrected chi connectivity index (χ4v) is 5.60. The molecule has 2 unspecified atom stereocenters. The number of phosphoric acid groups is 3. The molecule has 32 heavy (non-hydrogen) atoms. The molecule has 0 amide bonds. The number of aryl methyl sites for hydroxylation is 1. The molecule has 1 fully saturated rings. The molecule has 5 N–H and O–H groups in total. The molecular formula is C13H19N2O14P3. The second-order valence-electron chi connectivity index (χ2n) is 6.23. The summed E-state index contributed by atoms with van der Waals surface area (Å²) in [5.41, 5.74) is 1.13. The summed E-state index contributed by atoms with van der Waals surface area (Å²) in [5, 5.41) is 0. The molecule has 0 aliphatic carbocycles. The van der Waals surface area contributed by atoms with Gasteiger partial charge in [0.2, 0.25) is 0 Å². The van der Waals surface area contributed by atoms with Gasteiger partial charge in [-0.15, -0.1) is 0 Å². The Morgan fingerprint density at radius 3 is 2.50 bits per heavy atom. The number of aromatic amines is 1. The third kappa shape index (κ3) is 7.75. The van der Waals surface area contributed by atoms with Crippen LogP contribution in [0.3, 0.4) is 0 Å². The minimum Gasteiger partial charge on any atom is -0.487 e. The monoisotopic (exact) mass is 520 g/mol. The molecule has 2 rings (SSSR count). The van der Waals surface area contributed by atoms with Gasteiger partial charge in [0.1, 0.15) is 24.7 Å². The average molecular weight is 520 g/mol. The summed E-state index contributed by atoms with van der Waals surface area (Å²) in [5.74, 6) is 0. The maximum Gasteiger partial charge on any atom is 0.490 e. The van der Waals surface area contributed by atoms with Gasteiger partial charge in [-0.25, -0.2) is 18.5 Å². The number of phosphoric ester groups is 1. The summed E-state index contributed by atoms with van der Waals surface area (Å²) in [6.45, 7) is 3.95. The van der Waals surface area contributed by atoms with Crippen LogP contribution in [0, 0.1) is 6.92 Å². The average Bonchev–Trinajstić information content (AvgIpc) is 3.01. The quantitative estimate of drug-likeness (QED) is 0.157. The second kappa shape index (κ2) is 10.1. The molecule has 1 aliphatic rings. The lowest BCUT2D eigenvalue weighted by Crippen LogP contribution is -2.33. The Hall–Kier alpha value is -1.63. The summed E-state index contributed by atoms with van der Waals surface area (Å²) >= 11 is 0. The highest BCUT2D eigenvalue weighted by Gasteiger charge is 2.43. The van der Waals surface area contributed by atoms with E-state index in [4.69, 9.17) is 19.3 Å². The number of hydrogen-bond acceptors (Lipinski definition) is 10. The third-order valence-corrected chi connectivity index (χ3v) is 7.58. The van der Waals surface area contributed by atoms with Crippen molar-refractivity contribution in [2.75, 3.05) is 6.61 Å². The number of rotatable bonds is 10. The van der Waals surface area contributed by atoms with E-state index < -0.39 is 59.8 Å². The molecule has 1 saturated heterocycles. The Morgan fingerprint density at radius 2 is 1.91 bits per heavy atom. The molecule has 0 spiro atoms. The first-order valence-electron chi connectivity index (χ1n) is 8.38. The Balaban J connectivity index is 2.15. The number of aromatic nitrogens is 2. The first-order chi connectivity index (χ1) is 14.6.